The number of H-pyrrole nitrogens is 1. The third-order valence-corrected chi connectivity index (χ3v) is 2.23. The molecule has 3 N–H and O–H groups in total. The van der Waals surface area contributed by atoms with Gasteiger partial charge in [-0.25, -0.2) is 9.97 Å². The summed E-state index contributed by atoms with van der Waals surface area (Å²) in [5.74, 6) is 0.0510. The number of hydrogen-bond acceptors (Lipinski definition) is 5. The molecule has 0 radical (unpaired) electrons. The number of fused-ring (bicyclic) bond motifs is 1. The van der Waals surface area contributed by atoms with Gasteiger partial charge in [-0.05, 0) is 0 Å². The summed E-state index contributed by atoms with van der Waals surface area (Å²) >= 11 is 3.29. The van der Waals surface area contributed by atoms with Crippen molar-refractivity contribution in [2.75, 3.05) is 11.1 Å². The molecule has 2 heterocycles. The maximum absolute atomic E-state index is 11.5. The van der Waals surface area contributed by atoms with Crippen LogP contribution < -0.4 is 11.3 Å². The van der Waals surface area contributed by atoms with Crippen molar-refractivity contribution in [1.82, 2.24) is 19.9 Å². The zero-order valence-electron chi connectivity index (χ0n) is 7.70. The molecule has 0 aliphatic carbocycles. The second-order valence-electron chi connectivity index (χ2n) is 2.92. The van der Waals surface area contributed by atoms with Gasteiger partial charge in [-0.3, -0.25) is 9.78 Å². The van der Waals surface area contributed by atoms with E-state index >= 15 is 0 Å². The SMILES string of the molecule is Nc1nc2ncc(CCBr)nc2c(=O)[nH]1. The second kappa shape index (κ2) is 3.93. The number of nitrogen functional groups attached to an aromatic ring is 1. The Hall–Kier alpha value is -1.50. The summed E-state index contributed by atoms with van der Waals surface area (Å²) < 4.78 is 0. The molecule has 0 unspecified atom stereocenters. The van der Waals surface area contributed by atoms with Crippen molar-refractivity contribution in [3.8, 4) is 0 Å². The van der Waals surface area contributed by atoms with Crippen LogP contribution >= 0.6 is 15.9 Å². The minimum atomic E-state index is -0.360. The fraction of sp³-hybridized carbons (Fsp3) is 0.250. The number of rotatable bonds is 2. The molecule has 0 amide bonds. The molecule has 0 fully saturated rings. The quantitative estimate of drug-likeness (QED) is 0.761. The van der Waals surface area contributed by atoms with Crippen LogP contribution in [0.5, 0.6) is 0 Å². The highest BCUT2D eigenvalue weighted by atomic mass is 79.9. The molecule has 0 aliphatic heterocycles. The molecule has 0 aromatic carbocycles. The van der Waals surface area contributed by atoms with Gasteiger partial charge in [-0.2, -0.15) is 4.98 Å². The molecule has 0 saturated heterocycles. The van der Waals surface area contributed by atoms with Gasteiger partial charge in [0.05, 0.1) is 11.9 Å². The third kappa shape index (κ3) is 1.96. The monoisotopic (exact) mass is 269 g/mol. The Kier molecular flexibility index (Phi) is 2.63. The topological polar surface area (TPSA) is 97.5 Å². The van der Waals surface area contributed by atoms with E-state index in [2.05, 4.69) is 35.9 Å². The number of nitrogens with one attached hydrogen (secondary N) is 1. The predicted octanol–water partition coefficient (Wildman–Crippen LogP) is 0.233. The number of aryl methyl sites for hydroxylation is 1. The number of nitrogens with zero attached hydrogens (tertiary/aromatic N) is 3. The highest BCUT2D eigenvalue weighted by Gasteiger charge is 2.05. The smallest absolute Gasteiger partial charge is 0.280 e. The maximum atomic E-state index is 11.5. The Bertz CT molecular complexity index is 552. The lowest BCUT2D eigenvalue weighted by atomic mass is 10.3. The summed E-state index contributed by atoms with van der Waals surface area (Å²) in [7, 11) is 0. The van der Waals surface area contributed by atoms with Crippen LogP contribution in [-0.4, -0.2) is 25.3 Å². The van der Waals surface area contributed by atoms with Crippen LogP contribution in [0.2, 0.25) is 0 Å². The molecule has 0 atom stereocenters. The summed E-state index contributed by atoms with van der Waals surface area (Å²) in [5.41, 5.74) is 6.26. The summed E-state index contributed by atoms with van der Waals surface area (Å²) in [6.45, 7) is 0. The lowest BCUT2D eigenvalue weighted by Crippen LogP contribution is -2.14. The van der Waals surface area contributed by atoms with Crippen LogP contribution in [0.1, 0.15) is 5.69 Å². The number of nitrogens with two attached hydrogens (primary N) is 1. The fourth-order valence-corrected chi connectivity index (χ4v) is 1.59. The molecular weight excluding hydrogens is 262 g/mol. The van der Waals surface area contributed by atoms with Crippen molar-refractivity contribution in [3.05, 3.63) is 22.2 Å². The highest BCUT2D eigenvalue weighted by Crippen LogP contribution is 2.04. The van der Waals surface area contributed by atoms with E-state index < -0.39 is 0 Å². The summed E-state index contributed by atoms with van der Waals surface area (Å²) in [4.78, 5) is 25.9. The first-order chi connectivity index (χ1) is 7.20. The van der Waals surface area contributed by atoms with Crippen molar-refractivity contribution < 1.29 is 0 Å². The first-order valence-corrected chi connectivity index (χ1v) is 5.40. The van der Waals surface area contributed by atoms with E-state index in [1.54, 1.807) is 6.20 Å². The van der Waals surface area contributed by atoms with Gasteiger partial charge in [-0.15, -0.1) is 0 Å². The Morgan fingerprint density at radius 1 is 1.47 bits per heavy atom. The molecular formula is C8H8BrN5O. The van der Waals surface area contributed by atoms with E-state index in [1.807, 2.05) is 0 Å². The van der Waals surface area contributed by atoms with E-state index in [-0.39, 0.29) is 22.7 Å². The van der Waals surface area contributed by atoms with E-state index in [0.717, 1.165) is 11.0 Å². The number of anilines is 1. The van der Waals surface area contributed by atoms with Crippen LogP contribution in [0.15, 0.2) is 11.0 Å². The standard InChI is InChI=1S/C8H8BrN5O/c9-2-1-4-3-11-6-5(12-4)7(15)14-8(10)13-6/h3H,1-2H2,(H3,10,11,13,14,15). The highest BCUT2D eigenvalue weighted by molar-refractivity contribution is 9.09. The minimum Gasteiger partial charge on any atom is -0.369 e. The van der Waals surface area contributed by atoms with Crippen molar-refractivity contribution >= 4 is 33.0 Å². The van der Waals surface area contributed by atoms with Gasteiger partial charge in [0, 0.05) is 11.8 Å². The Labute approximate surface area is 93.1 Å². The van der Waals surface area contributed by atoms with Crippen molar-refractivity contribution in [1.29, 1.82) is 0 Å². The Morgan fingerprint density at radius 2 is 2.27 bits per heavy atom. The molecule has 0 spiro atoms. The van der Waals surface area contributed by atoms with Crippen molar-refractivity contribution in [3.63, 3.8) is 0 Å². The zero-order valence-corrected chi connectivity index (χ0v) is 9.28. The first kappa shape index (κ1) is 10.0. The first-order valence-electron chi connectivity index (χ1n) is 4.28. The zero-order chi connectivity index (χ0) is 10.8. The van der Waals surface area contributed by atoms with E-state index in [4.69, 9.17) is 5.73 Å². The number of alkyl halides is 1. The van der Waals surface area contributed by atoms with E-state index in [0.29, 0.717) is 6.42 Å². The molecule has 6 nitrogen and oxygen atoms in total. The number of hydrogen-bond donors (Lipinski definition) is 2. The van der Waals surface area contributed by atoms with Crippen molar-refractivity contribution in [2.45, 2.75) is 6.42 Å². The second-order valence-corrected chi connectivity index (χ2v) is 3.72. The van der Waals surface area contributed by atoms with Crippen molar-refractivity contribution in [2.24, 2.45) is 0 Å². The lowest BCUT2D eigenvalue weighted by Gasteiger charge is -1.99. The van der Waals surface area contributed by atoms with Gasteiger partial charge < -0.3 is 5.73 Å². The van der Waals surface area contributed by atoms with Gasteiger partial charge in [-0.1, -0.05) is 15.9 Å². The van der Waals surface area contributed by atoms with Gasteiger partial charge in [0.1, 0.15) is 0 Å². The maximum Gasteiger partial charge on any atom is 0.280 e. The summed E-state index contributed by atoms with van der Waals surface area (Å²) in [6.07, 6.45) is 2.31. The third-order valence-electron chi connectivity index (χ3n) is 1.84. The van der Waals surface area contributed by atoms with E-state index in [1.165, 1.54) is 0 Å². The van der Waals surface area contributed by atoms with Gasteiger partial charge in [0.2, 0.25) is 5.95 Å². The molecule has 2 rings (SSSR count). The van der Waals surface area contributed by atoms with Crippen LogP contribution in [-0.2, 0) is 6.42 Å². The van der Waals surface area contributed by atoms with Crippen LogP contribution in [0.4, 0.5) is 5.95 Å². The largest absolute Gasteiger partial charge is 0.369 e. The lowest BCUT2D eigenvalue weighted by molar-refractivity contribution is 1.02. The Balaban J connectivity index is 2.66. The van der Waals surface area contributed by atoms with Gasteiger partial charge in [0.25, 0.3) is 5.56 Å². The van der Waals surface area contributed by atoms with E-state index in [9.17, 15) is 4.79 Å². The normalized spacial score (nSPS) is 10.7. The van der Waals surface area contributed by atoms with Crippen LogP contribution in [0.25, 0.3) is 11.2 Å². The molecule has 78 valence electrons. The predicted molar refractivity (Wildman–Crippen MR) is 59.9 cm³/mol. The number of aromatic amines is 1. The molecule has 0 aliphatic rings. The molecule has 2 aromatic heterocycles. The molecule has 15 heavy (non-hydrogen) atoms. The Morgan fingerprint density at radius 3 is 3.00 bits per heavy atom. The molecule has 0 bridgehead atoms. The summed E-state index contributed by atoms with van der Waals surface area (Å²) in [5, 5.41) is 0.771. The average molecular weight is 270 g/mol. The van der Waals surface area contributed by atoms with Crippen LogP contribution in [0, 0.1) is 0 Å². The minimum absolute atomic E-state index is 0.0510. The van der Waals surface area contributed by atoms with Gasteiger partial charge >= 0.3 is 0 Å². The van der Waals surface area contributed by atoms with Gasteiger partial charge in [0.15, 0.2) is 11.2 Å². The van der Waals surface area contributed by atoms with Crippen LogP contribution in [0.3, 0.4) is 0 Å². The number of aromatic nitrogens is 4. The molecule has 2 aromatic rings. The average Bonchev–Trinajstić information content (AvgIpc) is 2.19. The molecule has 7 heteroatoms. The summed E-state index contributed by atoms with van der Waals surface area (Å²) in [6, 6.07) is 0. The molecule has 0 saturated carbocycles. The number of halogens is 1. The fourth-order valence-electron chi connectivity index (χ4n) is 1.19.